The SMILES string of the molecule is C=CCNC(=O)[C@H](C)Oc1ccccc1[N+](=O)[O-]. The molecule has 0 unspecified atom stereocenters. The fourth-order valence-electron chi connectivity index (χ4n) is 1.27. The first-order valence-corrected chi connectivity index (χ1v) is 5.35. The number of para-hydroxylation sites is 2. The van der Waals surface area contributed by atoms with E-state index in [0.29, 0.717) is 6.54 Å². The maximum atomic E-state index is 11.5. The number of rotatable bonds is 6. The van der Waals surface area contributed by atoms with Crippen molar-refractivity contribution in [1.29, 1.82) is 0 Å². The second kappa shape index (κ2) is 6.39. The first-order chi connectivity index (χ1) is 8.56. The van der Waals surface area contributed by atoms with Gasteiger partial charge in [0.25, 0.3) is 5.91 Å². The number of benzene rings is 1. The molecule has 6 heteroatoms. The molecule has 1 rings (SSSR count). The predicted octanol–water partition coefficient (Wildman–Crippen LogP) is 1.66. The van der Waals surface area contributed by atoms with E-state index < -0.39 is 11.0 Å². The molecular formula is C12H14N2O4. The van der Waals surface area contributed by atoms with E-state index in [9.17, 15) is 14.9 Å². The molecule has 0 aliphatic carbocycles. The monoisotopic (exact) mass is 250 g/mol. The Hall–Kier alpha value is -2.37. The highest BCUT2D eigenvalue weighted by Crippen LogP contribution is 2.26. The molecular weight excluding hydrogens is 236 g/mol. The van der Waals surface area contributed by atoms with Gasteiger partial charge in [0.2, 0.25) is 0 Å². The summed E-state index contributed by atoms with van der Waals surface area (Å²) >= 11 is 0. The summed E-state index contributed by atoms with van der Waals surface area (Å²) in [6.45, 7) is 5.31. The number of ether oxygens (including phenoxy) is 1. The first-order valence-electron chi connectivity index (χ1n) is 5.35. The maximum absolute atomic E-state index is 11.5. The lowest BCUT2D eigenvalue weighted by atomic mass is 10.3. The van der Waals surface area contributed by atoms with Crippen molar-refractivity contribution >= 4 is 11.6 Å². The van der Waals surface area contributed by atoms with Crippen molar-refractivity contribution in [3.8, 4) is 5.75 Å². The molecule has 0 saturated heterocycles. The Morgan fingerprint density at radius 1 is 1.61 bits per heavy atom. The third-order valence-corrected chi connectivity index (χ3v) is 2.16. The summed E-state index contributed by atoms with van der Waals surface area (Å²) in [5, 5.41) is 13.3. The fourth-order valence-corrected chi connectivity index (χ4v) is 1.27. The van der Waals surface area contributed by atoms with Gasteiger partial charge < -0.3 is 10.1 Å². The molecule has 1 amide bonds. The Kier molecular flexibility index (Phi) is 4.86. The number of nitro benzene ring substituents is 1. The minimum absolute atomic E-state index is 0.0729. The van der Waals surface area contributed by atoms with Gasteiger partial charge in [-0.15, -0.1) is 6.58 Å². The highest BCUT2D eigenvalue weighted by molar-refractivity contribution is 5.80. The number of hydrogen-bond acceptors (Lipinski definition) is 4. The van der Waals surface area contributed by atoms with E-state index in [1.165, 1.54) is 31.2 Å². The van der Waals surface area contributed by atoms with Crippen LogP contribution in [0, 0.1) is 10.1 Å². The van der Waals surface area contributed by atoms with E-state index in [2.05, 4.69) is 11.9 Å². The minimum atomic E-state index is -0.814. The topological polar surface area (TPSA) is 81.5 Å². The molecule has 0 spiro atoms. The Labute approximate surface area is 104 Å². The average molecular weight is 250 g/mol. The van der Waals surface area contributed by atoms with Crippen molar-refractivity contribution in [2.75, 3.05) is 6.54 Å². The van der Waals surface area contributed by atoms with E-state index >= 15 is 0 Å². The van der Waals surface area contributed by atoms with Crippen LogP contribution in [-0.2, 0) is 4.79 Å². The number of amides is 1. The van der Waals surface area contributed by atoms with Crippen LogP contribution in [0.15, 0.2) is 36.9 Å². The maximum Gasteiger partial charge on any atom is 0.310 e. The Morgan fingerprint density at radius 3 is 2.89 bits per heavy atom. The van der Waals surface area contributed by atoms with Gasteiger partial charge in [0, 0.05) is 12.6 Å². The molecule has 0 bridgehead atoms. The van der Waals surface area contributed by atoms with Gasteiger partial charge in [0.1, 0.15) is 0 Å². The number of carbonyl (C=O) groups is 1. The van der Waals surface area contributed by atoms with Gasteiger partial charge in [0.05, 0.1) is 4.92 Å². The van der Waals surface area contributed by atoms with Crippen molar-refractivity contribution in [1.82, 2.24) is 5.32 Å². The van der Waals surface area contributed by atoms with Gasteiger partial charge >= 0.3 is 5.69 Å². The molecule has 0 aliphatic rings. The zero-order valence-corrected chi connectivity index (χ0v) is 9.96. The zero-order valence-electron chi connectivity index (χ0n) is 9.96. The molecule has 1 atom stereocenters. The number of nitrogens with zero attached hydrogens (tertiary/aromatic N) is 1. The van der Waals surface area contributed by atoms with Crippen molar-refractivity contribution < 1.29 is 14.5 Å². The summed E-state index contributed by atoms with van der Waals surface area (Å²) in [6, 6.07) is 5.92. The number of hydrogen-bond donors (Lipinski definition) is 1. The third kappa shape index (κ3) is 3.58. The second-order valence-corrected chi connectivity index (χ2v) is 3.52. The van der Waals surface area contributed by atoms with E-state index in [-0.39, 0.29) is 17.3 Å². The summed E-state index contributed by atoms with van der Waals surface area (Å²) in [5.74, 6) is -0.281. The average Bonchev–Trinajstić information content (AvgIpc) is 2.36. The standard InChI is InChI=1S/C12H14N2O4/c1-3-8-13-12(15)9(2)18-11-7-5-4-6-10(11)14(16)17/h3-7,9H,1,8H2,2H3,(H,13,15)/t9-/m0/s1. The van der Waals surface area contributed by atoms with Crippen molar-refractivity contribution in [2.45, 2.75) is 13.0 Å². The van der Waals surface area contributed by atoms with Crippen molar-refractivity contribution in [2.24, 2.45) is 0 Å². The molecule has 1 aromatic carbocycles. The molecule has 0 radical (unpaired) electrons. The summed E-state index contributed by atoms with van der Waals surface area (Å²) < 4.78 is 5.28. The number of nitrogens with one attached hydrogen (secondary N) is 1. The highest BCUT2D eigenvalue weighted by atomic mass is 16.6. The number of carbonyl (C=O) groups excluding carboxylic acids is 1. The minimum Gasteiger partial charge on any atom is -0.474 e. The largest absolute Gasteiger partial charge is 0.474 e. The van der Waals surface area contributed by atoms with Crippen LogP contribution < -0.4 is 10.1 Å². The molecule has 0 fully saturated rings. The van der Waals surface area contributed by atoms with Gasteiger partial charge in [-0.05, 0) is 13.0 Å². The zero-order chi connectivity index (χ0) is 13.5. The molecule has 96 valence electrons. The molecule has 1 aromatic rings. The van der Waals surface area contributed by atoms with Crippen molar-refractivity contribution in [3.63, 3.8) is 0 Å². The van der Waals surface area contributed by atoms with Gasteiger partial charge in [-0.3, -0.25) is 14.9 Å². The third-order valence-electron chi connectivity index (χ3n) is 2.16. The summed E-state index contributed by atoms with van der Waals surface area (Å²) in [6.07, 6.45) is 0.723. The normalized spacial score (nSPS) is 11.4. The summed E-state index contributed by atoms with van der Waals surface area (Å²) in [5.41, 5.74) is -0.166. The first kappa shape index (κ1) is 13.7. The molecule has 0 saturated carbocycles. The molecule has 1 N–H and O–H groups in total. The quantitative estimate of drug-likeness (QED) is 0.473. The van der Waals surface area contributed by atoms with Crippen LogP contribution in [-0.4, -0.2) is 23.5 Å². The van der Waals surface area contributed by atoms with Gasteiger partial charge in [-0.25, -0.2) is 0 Å². The van der Waals surface area contributed by atoms with Gasteiger partial charge in [0.15, 0.2) is 11.9 Å². The van der Waals surface area contributed by atoms with Crippen LogP contribution in [0.4, 0.5) is 5.69 Å². The smallest absolute Gasteiger partial charge is 0.310 e. The predicted molar refractivity (Wildman–Crippen MR) is 66.4 cm³/mol. The summed E-state index contributed by atoms with van der Waals surface area (Å²) in [7, 11) is 0. The van der Waals surface area contributed by atoms with Crippen LogP contribution in [0.3, 0.4) is 0 Å². The Balaban J connectivity index is 2.75. The van der Waals surface area contributed by atoms with E-state index in [1.807, 2.05) is 0 Å². The molecule has 0 aliphatic heterocycles. The lowest BCUT2D eigenvalue weighted by Crippen LogP contribution is -2.36. The fraction of sp³-hybridized carbons (Fsp3) is 0.250. The number of nitro groups is 1. The molecule has 6 nitrogen and oxygen atoms in total. The van der Waals surface area contributed by atoms with E-state index in [4.69, 9.17) is 4.74 Å². The molecule has 18 heavy (non-hydrogen) atoms. The highest BCUT2D eigenvalue weighted by Gasteiger charge is 2.19. The van der Waals surface area contributed by atoms with Crippen molar-refractivity contribution in [3.05, 3.63) is 47.0 Å². The molecule has 0 heterocycles. The van der Waals surface area contributed by atoms with Gasteiger partial charge in [-0.1, -0.05) is 18.2 Å². The van der Waals surface area contributed by atoms with E-state index in [0.717, 1.165) is 0 Å². The van der Waals surface area contributed by atoms with Crippen LogP contribution in [0.1, 0.15) is 6.92 Å². The van der Waals surface area contributed by atoms with Crippen LogP contribution in [0.5, 0.6) is 5.75 Å². The van der Waals surface area contributed by atoms with E-state index in [1.54, 1.807) is 6.07 Å². The lowest BCUT2D eigenvalue weighted by Gasteiger charge is -2.13. The van der Waals surface area contributed by atoms with Crippen LogP contribution >= 0.6 is 0 Å². The Morgan fingerprint density at radius 2 is 2.28 bits per heavy atom. The van der Waals surface area contributed by atoms with Crippen LogP contribution in [0.25, 0.3) is 0 Å². The Bertz CT molecular complexity index is 459. The summed E-state index contributed by atoms with van der Waals surface area (Å²) in [4.78, 5) is 21.7. The lowest BCUT2D eigenvalue weighted by molar-refractivity contribution is -0.386. The molecule has 0 aromatic heterocycles. The van der Waals surface area contributed by atoms with Gasteiger partial charge in [-0.2, -0.15) is 0 Å². The van der Waals surface area contributed by atoms with Crippen LogP contribution in [0.2, 0.25) is 0 Å². The second-order valence-electron chi connectivity index (χ2n) is 3.52.